The van der Waals surface area contributed by atoms with Gasteiger partial charge in [0.15, 0.2) is 0 Å². The highest BCUT2D eigenvalue weighted by molar-refractivity contribution is 7.89. The number of sulfonamides is 1. The van der Waals surface area contributed by atoms with Crippen molar-refractivity contribution in [1.82, 2.24) is 19.2 Å². The van der Waals surface area contributed by atoms with Crippen molar-refractivity contribution in [2.45, 2.75) is 75.8 Å². The van der Waals surface area contributed by atoms with Crippen molar-refractivity contribution in [3.63, 3.8) is 0 Å². The molecule has 2 aliphatic heterocycles. The first kappa shape index (κ1) is 23.8. The molecule has 1 atom stereocenters. The maximum atomic E-state index is 13.4. The van der Waals surface area contributed by atoms with E-state index in [0.29, 0.717) is 24.4 Å². The van der Waals surface area contributed by atoms with Crippen LogP contribution in [0.2, 0.25) is 0 Å². The minimum absolute atomic E-state index is 0.0164. The van der Waals surface area contributed by atoms with Crippen LogP contribution in [0.1, 0.15) is 58.7 Å². The highest BCUT2D eigenvalue weighted by Crippen LogP contribution is 2.32. The van der Waals surface area contributed by atoms with Crippen LogP contribution in [0.15, 0.2) is 23.1 Å². The van der Waals surface area contributed by atoms with Crippen molar-refractivity contribution in [3.05, 3.63) is 24.0 Å². The monoisotopic (exact) mass is 488 g/mol. The summed E-state index contributed by atoms with van der Waals surface area (Å²) in [6, 6.07) is 5.59. The lowest BCUT2D eigenvalue weighted by Gasteiger charge is -2.26. The largest absolute Gasteiger partial charge is 0.381 e. The van der Waals surface area contributed by atoms with Gasteiger partial charge < -0.3 is 14.6 Å². The minimum Gasteiger partial charge on any atom is -0.381 e. The Morgan fingerprint density at radius 2 is 1.88 bits per heavy atom. The third-order valence-electron chi connectivity index (χ3n) is 7.26. The molecule has 1 unspecified atom stereocenters. The second-order valence-electron chi connectivity index (χ2n) is 11.1. The molecular weight excluding hydrogens is 452 g/mol. The SMILES string of the molecule is CC(C)(C)c1nc2cc(S(=O)(=O)N3CCC(C(=O)NC4CC4)C3)ccc2n1CC1CCOCC1. The van der Waals surface area contributed by atoms with Gasteiger partial charge in [0.1, 0.15) is 5.82 Å². The van der Waals surface area contributed by atoms with E-state index >= 15 is 0 Å². The third kappa shape index (κ3) is 4.75. The molecule has 9 heteroatoms. The molecule has 1 aliphatic carbocycles. The van der Waals surface area contributed by atoms with Crippen LogP contribution in [0.3, 0.4) is 0 Å². The number of ether oxygens (including phenoxy) is 1. The van der Waals surface area contributed by atoms with Crippen LogP contribution in [0.4, 0.5) is 0 Å². The summed E-state index contributed by atoms with van der Waals surface area (Å²) in [5.41, 5.74) is 1.51. The third-order valence-corrected chi connectivity index (χ3v) is 9.12. The van der Waals surface area contributed by atoms with Gasteiger partial charge in [-0.25, -0.2) is 13.4 Å². The lowest BCUT2D eigenvalue weighted by atomic mass is 9.94. The Kier molecular flexibility index (Phi) is 6.23. The summed E-state index contributed by atoms with van der Waals surface area (Å²) in [5.74, 6) is 1.21. The second kappa shape index (κ2) is 8.91. The van der Waals surface area contributed by atoms with Crippen LogP contribution in [0.25, 0.3) is 11.0 Å². The van der Waals surface area contributed by atoms with E-state index in [1.165, 1.54) is 4.31 Å². The number of benzene rings is 1. The van der Waals surface area contributed by atoms with Crippen LogP contribution in [-0.2, 0) is 31.5 Å². The molecule has 3 aliphatic rings. The fourth-order valence-corrected chi connectivity index (χ4v) is 6.59. The molecule has 1 amide bonds. The van der Waals surface area contributed by atoms with Gasteiger partial charge in [0.25, 0.3) is 0 Å². The molecule has 1 aromatic heterocycles. The molecule has 3 fully saturated rings. The second-order valence-corrected chi connectivity index (χ2v) is 13.1. The van der Waals surface area contributed by atoms with Crippen molar-refractivity contribution in [2.75, 3.05) is 26.3 Å². The minimum atomic E-state index is -3.69. The first-order valence-corrected chi connectivity index (χ1v) is 14.0. The summed E-state index contributed by atoms with van der Waals surface area (Å²) in [4.78, 5) is 17.6. The van der Waals surface area contributed by atoms with Gasteiger partial charge in [0.2, 0.25) is 15.9 Å². The zero-order valence-corrected chi connectivity index (χ0v) is 21.2. The van der Waals surface area contributed by atoms with Crippen LogP contribution >= 0.6 is 0 Å². The Hall–Kier alpha value is -1.97. The molecule has 1 N–H and O–H groups in total. The first-order chi connectivity index (χ1) is 16.1. The van der Waals surface area contributed by atoms with Gasteiger partial charge in [-0.1, -0.05) is 20.8 Å². The molecule has 0 radical (unpaired) electrons. The Morgan fingerprint density at radius 1 is 1.15 bits per heavy atom. The molecular formula is C25H36N4O4S. The highest BCUT2D eigenvalue weighted by atomic mass is 32.2. The zero-order valence-electron chi connectivity index (χ0n) is 20.4. The fraction of sp³-hybridized carbons (Fsp3) is 0.680. The van der Waals surface area contributed by atoms with Crippen molar-refractivity contribution in [3.8, 4) is 0 Å². The van der Waals surface area contributed by atoms with Gasteiger partial charge in [-0.05, 0) is 56.2 Å². The number of aromatic nitrogens is 2. The Balaban J connectivity index is 1.41. The number of nitrogens with one attached hydrogen (secondary N) is 1. The summed E-state index contributed by atoms with van der Waals surface area (Å²) in [6.45, 7) is 9.48. The molecule has 1 saturated carbocycles. The van der Waals surface area contributed by atoms with Crippen molar-refractivity contribution in [2.24, 2.45) is 11.8 Å². The van der Waals surface area contributed by atoms with E-state index < -0.39 is 10.0 Å². The summed E-state index contributed by atoms with van der Waals surface area (Å²) < 4.78 is 36.1. The van der Waals surface area contributed by atoms with E-state index in [9.17, 15) is 13.2 Å². The highest BCUT2D eigenvalue weighted by Gasteiger charge is 2.38. The number of hydrogen-bond donors (Lipinski definition) is 1. The van der Waals surface area contributed by atoms with Crippen LogP contribution in [0.5, 0.6) is 0 Å². The lowest BCUT2D eigenvalue weighted by molar-refractivity contribution is -0.124. The van der Waals surface area contributed by atoms with Crippen molar-refractivity contribution in [1.29, 1.82) is 0 Å². The van der Waals surface area contributed by atoms with Crippen LogP contribution < -0.4 is 5.32 Å². The molecule has 0 spiro atoms. The number of rotatable bonds is 6. The quantitative estimate of drug-likeness (QED) is 0.675. The van der Waals surface area contributed by atoms with Crippen molar-refractivity contribution < 1.29 is 17.9 Å². The average molecular weight is 489 g/mol. The summed E-state index contributed by atoms with van der Waals surface area (Å²) in [7, 11) is -3.69. The number of carbonyl (C=O) groups excluding carboxylic acids is 1. The van der Waals surface area contributed by atoms with E-state index in [1.807, 2.05) is 6.07 Å². The van der Waals surface area contributed by atoms with Gasteiger partial charge in [-0.15, -0.1) is 0 Å². The molecule has 2 saturated heterocycles. The number of hydrogen-bond acceptors (Lipinski definition) is 5. The topological polar surface area (TPSA) is 93.5 Å². The Morgan fingerprint density at radius 3 is 2.56 bits per heavy atom. The van der Waals surface area contributed by atoms with Crippen molar-refractivity contribution >= 4 is 27.0 Å². The number of amides is 1. The van der Waals surface area contributed by atoms with E-state index in [-0.39, 0.29) is 34.7 Å². The summed E-state index contributed by atoms with van der Waals surface area (Å²) in [5, 5.41) is 3.01. The molecule has 1 aromatic carbocycles. The molecule has 3 heterocycles. The molecule has 5 rings (SSSR count). The van der Waals surface area contributed by atoms with E-state index in [1.54, 1.807) is 12.1 Å². The van der Waals surface area contributed by atoms with E-state index in [2.05, 4.69) is 30.7 Å². The van der Waals surface area contributed by atoms with E-state index in [4.69, 9.17) is 9.72 Å². The molecule has 8 nitrogen and oxygen atoms in total. The summed E-state index contributed by atoms with van der Waals surface area (Å²) in [6.07, 6.45) is 4.67. The van der Waals surface area contributed by atoms with Gasteiger partial charge in [-0.2, -0.15) is 4.31 Å². The average Bonchev–Trinajstić information content (AvgIpc) is 3.32. The number of fused-ring (bicyclic) bond motifs is 1. The predicted octanol–water partition coefficient (Wildman–Crippen LogP) is 3.05. The van der Waals surface area contributed by atoms with Gasteiger partial charge in [0, 0.05) is 44.3 Å². The van der Waals surface area contributed by atoms with Gasteiger partial charge in [-0.3, -0.25) is 4.79 Å². The standard InChI is InChI=1S/C25H36N4O4S/c1-25(2,3)24-27-21-14-20(6-7-22(21)29(24)15-17-9-12-33-13-10-17)34(31,32)28-11-8-18(16-28)23(30)26-19-4-5-19/h6-7,14,17-19H,4-5,8-13,15-16H2,1-3H3,(H,26,30). The summed E-state index contributed by atoms with van der Waals surface area (Å²) >= 11 is 0. The Bertz CT molecular complexity index is 1170. The van der Waals surface area contributed by atoms with Crippen LogP contribution in [0, 0.1) is 11.8 Å². The van der Waals surface area contributed by atoms with Gasteiger partial charge in [0.05, 0.1) is 21.8 Å². The number of carbonyl (C=O) groups is 1. The molecule has 0 bridgehead atoms. The maximum absolute atomic E-state index is 13.4. The number of imidazole rings is 1. The predicted molar refractivity (Wildman–Crippen MR) is 130 cm³/mol. The Labute approximate surface area is 202 Å². The van der Waals surface area contributed by atoms with E-state index in [0.717, 1.165) is 56.8 Å². The smallest absolute Gasteiger partial charge is 0.243 e. The number of nitrogens with zero attached hydrogens (tertiary/aromatic N) is 3. The molecule has 186 valence electrons. The molecule has 2 aromatic rings. The normalized spacial score (nSPS) is 23.0. The van der Waals surface area contributed by atoms with Gasteiger partial charge >= 0.3 is 0 Å². The lowest BCUT2D eigenvalue weighted by Crippen LogP contribution is -2.35. The molecule has 34 heavy (non-hydrogen) atoms. The zero-order chi connectivity index (χ0) is 24.1. The fourth-order valence-electron chi connectivity index (χ4n) is 5.07. The maximum Gasteiger partial charge on any atom is 0.243 e. The first-order valence-electron chi connectivity index (χ1n) is 12.5. The van der Waals surface area contributed by atoms with Crippen LogP contribution in [-0.4, -0.2) is 60.5 Å².